The van der Waals surface area contributed by atoms with Crippen LogP contribution in [0, 0.1) is 11.3 Å². The Bertz CT molecular complexity index is 723. The third-order valence-corrected chi connectivity index (χ3v) is 3.17. The van der Waals surface area contributed by atoms with Gasteiger partial charge in [0.2, 0.25) is 0 Å². The van der Waals surface area contributed by atoms with Crippen LogP contribution in [0.25, 0.3) is 0 Å². The summed E-state index contributed by atoms with van der Waals surface area (Å²) >= 11 is 0. The number of aromatic nitrogens is 3. The predicted molar refractivity (Wildman–Crippen MR) is 85.9 cm³/mol. The highest BCUT2D eigenvalue weighted by Gasteiger charge is 2.14. The van der Waals surface area contributed by atoms with E-state index in [0.29, 0.717) is 30.0 Å². The van der Waals surface area contributed by atoms with Crippen LogP contribution in [0.2, 0.25) is 0 Å². The molecular weight excluding hydrogens is 292 g/mol. The Balaban J connectivity index is 1.90. The number of hydrogen-bond donors (Lipinski definition) is 2. The van der Waals surface area contributed by atoms with Crippen molar-refractivity contribution >= 4 is 11.7 Å². The lowest BCUT2D eigenvalue weighted by molar-refractivity contribution is 0.0953. The van der Waals surface area contributed by atoms with Gasteiger partial charge in [-0.25, -0.2) is 15.0 Å². The normalized spacial score (nSPS) is 10.2. The van der Waals surface area contributed by atoms with Gasteiger partial charge in [-0.2, -0.15) is 5.26 Å². The minimum atomic E-state index is -0.211. The van der Waals surface area contributed by atoms with Crippen molar-refractivity contribution in [3.63, 3.8) is 0 Å². The molecule has 2 aromatic heterocycles. The third kappa shape index (κ3) is 4.23. The molecule has 0 radical (unpaired) electrons. The summed E-state index contributed by atoms with van der Waals surface area (Å²) in [5.74, 6) is 0.441. The topological polar surface area (TPSA) is 104 Å². The maximum Gasteiger partial charge on any atom is 0.254 e. The molecule has 7 heteroatoms. The second-order valence-electron chi connectivity index (χ2n) is 5.17. The standard InChI is InChI=1S/C16H18N6O/c1-11(2)14-13(9-18-10-22-14)16(23)21-7-6-20-15-12(8-17)4-3-5-19-15/h3-5,9-11H,6-7H2,1-2H3,(H,19,20)(H,21,23). The fraction of sp³-hybridized carbons (Fsp3) is 0.312. The summed E-state index contributed by atoms with van der Waals surface area (Å²) in [5.41, 5.74) is 1.68. The number of rotatable bonds is 6. The molecule has 2 heterocycles. The lowest BCUT2D eigenvalue weighted by Crippen LogP contribution is -2.30. The summed E-state index contributed by atoms with van der Waals surface area (Å²) in [7, 11) is 0. The van der Waals surface area contributed by atoms with Gasteiger partial charge in [0, 0.05) is 25.5 Å². The molecule has 2 N–H and O–H groups in total. The first kappa shape index (κ1) is 16.4. The average molecular weight is 310 g/mol. The van der Waals surface area contributed by atoms with Gasteiger partial charge in [0.25, 0.3) is 5.91 Å². The quantitative estimate of drug-likeness (QED) is 0.787. The molecule has 118 valence electrons. The van der Waals surface area contributed by atoms with Crippen LogP contribution in [0.4, 0.5) is 5.82 Å². The van der Waals surface area contributed by atoms with Crippen molar-refractivity contribution < 1.29 is 4.79 Å². The summed E-state index contributed by atoms with van der Waals surface area (Å²) in [6.07, 6.45) is 4.58. The summed E-state index contributed by atoms with van der Waals surface area (Å²) < 4.78 is 0. The van der Waals surface area contributed by atoms with E-state index in [-0.39, 0.29) is 11.8 Å². The van der Waals surface area contributed by atoms with Crippen molar-refractivity contribution in [1.82, 2.24) is 20.3 Å². The highest BCUT2D eigenvalue weighted by molar-refractivity contribution is 5.95. The summed E-state index contributed by atoms with van der Waals surface area (Å²) in [6, 6.07) is 5.45. The summed E-state index contributed by atoms with van der Waals surface area (Å²) in [4.78, 5) is 24.4. The molecule has 0 atom stereocenters. The van der Waals surface area contributed by atoms with Crippen LogP contribution in [-0.2, 0) is 0 Å². The Morgan fingerprint density at radius 2 is 2.17 bits per heavy atom. The molecular formula is C16H18N6O. The highest BCUT2D eigenvalue weighted by atomic mass is 16.1. The van der Waals surface area contributed by atoms with Gasteiger partial charge in [0.1, 0.15) is 18.2 Å². The molecule has 0 saturated carbocycles. The van der Waals surface area contributed by atoms with Gasteiger partial charge >= 0.3 is 0 Å². The smallest absolute Gasteiger partial charge is 0.254 e. The van der Waals surface area contributed by atoms with E-state index in [2.05, 4.69) is 31.7 Å². The highest BCUT2D eigenvalue weighted by Crippen LogP contribution is 2.15. The molecule has 7 nitrogen and oxygen atoms in total. The van der Waals surface area contributed by atoms with Crippen LogP contribution in [0.15, 0.2) is 30.9 Å². The number of amides is 1. The predicted octanol–water partition coefficient (Wildman–Crippen LogP) is 1.71. The number of nitriles is 1. The molecule has 0 spiro atoms. The van der Waals surface area contributed by atoms with E-state index < -0.39 is 0 Å². The molecule has 0 bridgehead atoms. The lowest BCUT2D eigenvalue weighted by Gasteiger charge is -2.11. The van der Waals surface area contributed by atoms with Crippen molar-refractivity contribution in [2.75, 3.05) is 18.4 Å². The van der Waals surface area contributed by atoms with E-state index in [1.807, 2.05) is 13.8 Å². The maximum atomic E-state index is 12.2. The fourth-order valence-electron chi connectivity index (χ4n) is 2.06. The molecule has 0 unspecified atom stereocenters. The Morgan fingerprint density at radius 1 is 1.35 bits per heavy atom. The average Bonchev–Trinajstić information content (AvgIpc) is 2.58. The summed E-state index contributed by atoms with van der Waals surface area (Å²) in [6.45, 7) is 4.81. The van der Waals surface area contributed by atoms with Gasteiger partial charge in [0.05, 0.1) is 16.8 Å². The van der Waals surface area contributed by atoms with E-state index in [0.717, 1.165) is 5.69 Å². The van der Waals surface area contributed by atoms with Crippen molar-refractivity contribution in [2.45, 2.75) is 19.8 Å². The van der Waals surface area contributed by atoms with Gasteiger partial charge in [0.15, 0.2) is 0 Å². The van der Waals surface area contributed by atoms with Crippen LogP contribution in [0.1, 0.15) is 41.4 Å². The van der Waals surface area contributed by atoms with Gasteiger partial charge in [-0.3, -0.25) is 4.79 Å². The molecule has 0 aliphatic heterocycles. The Kier molecular flexibility index (Phi) is 5.58. The van der Waals surface area contributed by atoms with Crippen molar-refractivity contribution in [2.24, 2.45) is 0 Å². The van der Waals surface area contributed by atoms with Gasteiger partial charge < -0.3 is 10.6 Å². The molecule has 1 amide bonds. The number of anilines is 1. The zero-order chi connectivity index (χ0) is 16.7. The molecule has 0 aromatic carbocycles. The van der Waals surface area contributed by atoms with Crippen LogP contribution < -0.4 is 10.6 Å². The van der Waals surface area contributed by atoms with Crippen molar-refractivity contribution in [3.05, 3.63) is 47.7 Å². The van der Waals surface area contributed by atoms with Crippen LogP contribution in [0.5, 0.6) is 0 Å². The number of carbonyl (C=O) groups is 1. The number of hydrogen-bond acceptors (Lipinski definition) is 6. The number of pyridine rings is 1. The Morgan fingerprint density at radius 3 is 2.91 bits per heavy atom. The van der Waals surface area contributed by atoms with Gasteiger partial charge in [-0.05, 0) is 18.1 Å². The van der Waals surface area contributed by atoms with E-state index in [1.165, 1.54) is 12.5 Å². The molecule has 0 aliphatic rings. The zero-order valence-electron chi connectivity index (χ0n) is 13.1. The minimum Gasteiger partial charge on any atom is -0.367 e. The maximum absolute atomic E-state index is 12.2. The van der Waals surface area contributed by atoms with Crippen LogP contribution in [-0.4, -0.2) is 33.9 Å². The van der Waals surface area contributed by atoms with Crippen molar-refractivity contribution in [1.29, 1.82) is 5.26 Å². The molecule has 2 aromatic rings. The number of nitrogens with one attached hydrogen (secondary N) is 2. The van der Waals surface area contributed by atoms with Crippen LogP contribution in [0.3, 0.4) is 0 Å². The van der Waals surface area contributed by atoms with E-state index in [4.69, 9.17) is 5.26 Å². The van der Waals surface area contributed by atoms with Gasteiger partial charge in [-0.15, -0.1) is 0 Å². The molecule has 23 heavy (non-hydrogen) atoms. The third-order valence-electron chi connectivity index (χ3n) is 3.17. The summed E-state index contributed by atoms with van der Waals surface area (Å²) in [5, 5.41) is 14.8. The zero-order valence-corrected chi connectivity index (χ0v) is 13.1. The SMILES string of the molecule is CC(C)c1ncncc1C(=O)NCCNc1ncccc1C#N. The number of carbonyl (C=O) groups excluding carboxylic acids is 1. The van der Waals surface area contributed by atoms with E-state index >= 15 is 0 Å². The first-order valence-electron chi connectivity index (χ1n) is 7.30. The first-order valence-corrected chi connectivity index (χ1v) is 7.30. The Hall–Kier alpha value is -3.01. The van der Waals surface area contributed by atoms with Crippen molar-refractivity contribution in [3.8, 4) is 6.07 Å². The molecule has 0 fully saturated rings. The minimum absolute atomic E-state index is 0.142. The molecule has 0 aliphatic carbocycles. The molecule has 2 rings (SSSR count). The second-order valence-corrected chi connectivity index (χ2v) is 5.17. The first-order chi connectivity index (χ1) is 11.1. The van der Waals surface area contributed by atoms with Gasteiger partial charge in [-0.1, -0.05) is 13.8 Å². The van der Waals surface area contributed by atoms with Crippen LogP contribution >= 0.6 is 0 Å². The number of nitrogens with zero attached hydrogens (tertiary/aromatic N) is 4. The lowest BCUT2D eigenvalue weighted by atomic mass is 10.0. The largest absolute Gasteiger partial charge is 0.367 e. The monoisotopic (exact) mass is 310 g/mol. The molecule has 0 saturated heterocycles. The fourth-order valence-corrected chi connectivity index (χ4v) is 2.06. The van der Waals surface area contributed by atoms with E-state index in [9.17, 15) is 4.79 Å². The second kappa shape index (κ2) is 7.84. The Labute approximate surface area is 134 Å². The van der Waals surface area contributed by atoms with E-state index in [1.54, 1.807) is 18.3 Å².